The van der Waals surface area contributed by atoms with Crippen LogP contribution in [0.3, 0.4) is 0 Å². The minimum Gasteiger partial charge on any atom is -0.419 e. The number of alkyl halides is 1. The maximum atomic E-state index is 13.2. The van der Waals surface area contributed by atoms with Crippen LogP contribution < -0.4 is 0 Å². The van der Waals surface area contributed by atoms with Crippen LogP contribution in [0.1, 0.15) is 18.2 Å². The monoisotopic (exact) mass is 289 g/mol. The molecule has 1 atom stereocenters. The second kappa shape index (κ2) is 4.88. The van der Waals surface area contributed by atoms with Gasteiger partial charge in [-0.15, -0.1) is 21.8 Å². The summed E-state index contributed by atoms with van der Waals surface area (Å²) < 4.78 is 31.2. The molecule has 1 aromatic carbocycles. The second-order valence-corrected chi connectivity index (χ2v) is 4.26. The predicted octanol–water partition coefficient (Wildman–Crippen LogP) is 3.22. The first kappa shape index (κ1) is 13.3. The Morgan fingerprint density at radius 3 is 2.53 bits per heavy atom. The highest BCUT2D eigenvalue weighted by Crippen LogP contribution is 2.32. The average molecular weight is 290 g/mol. The van der Waals surface area contributed by atoms with Gasteiger partial charge in [0.05, 0.1) is 11.0 Å². The van der Waals surface area contributed by atoms with Gasteiger partial charge in [0.2, 0.25) is 5.89 Å². The third kappa shape index (κ3) is 2.53. The van der Waals surface area contributed by atoms with E-state index in [1.165, 1.54) is 0 Å². The topological polar surface area (TPSA) is 82.1 Å². The highest BCUT2D eigenvalue weighted by Gasteiger charge is 2.24. The molecule has 100 valence electrons. The minimum atomic E-state index is -1.33. The van der Waals surface area contributed by atoms with Crippen molar-refractivity contribution in [1.82, 2.24) is 10.2 Å². The van der Waals surface area contributed by atoms with E-state index in [4.69, 9.17) is 16.0 Å². The summed E-state index contributed by atoms with van der Waals surface area (Å²) in [7, 11) is 0. The van der Waals surface area contributed by atoms with Gasteiger partial charge in [-0.25, -0.2) is 8.78 Å². The van der Waals surface area contributed by atoms with E-state index in [1.54, 1.807) is 6.92 Å². The normalized spacial score (nSPS) is 12.4. The zero-order valence-corrected chi connectivity index (χ0v) is 10.2. The van der Waals surface area contributed by atoms with Crippen molar-refractivity contribution in [3.8, 4) is 11.5 Å². The minimum absolute atomic E-state index is 0.0238. The first-order valence-electron chi connectivity index (χ1n) is 5.01. The maximum absolute atomic E-state index is 13.2. The molecule has 0 saturated heterocycles. The lowest BCUT2D eigenvalue weighted by Gasteiger charge is -2.00. The van der Waals surface area contributed by atoms with Gasteiger partial charge >= 0.3 is 0 Å². The Bertz CT molecular complexity index is 645. The van der Waals surface area contributed by atoms with Crippen molar-refractivity contribution < 1.29 is 18.1 Å². The Morgan fingerprint density at radius 1 is 1.37 bits per heavy atom. The van der Waals surface area contributed by atoms with Crippen LogP contribution in [0.2, 0.25) is 0 Å². The fraction of sp³-hybridized carbons (Fsp3) is 0.200. The van der Waals surface area contributed by atoms with E-state index in [0.717, 1.165) is 0 Å². The van der Waals surface area contributed by atoms with E-state index < -0.39 is 27.6 Å². The molecular formula is C10H6ClF2N3O3. The van der Waals surface area contributed by atoms with Crippen molar-refractivity contribution in [2.45, 2.75) is 12.3 Å². The van der Waals surface area contributed by atoms with Gasteiger partial charge in [-0.2, -0.15) is 0 Å². The van der Waals surface area contributed by atoms with Gasteiger partial charge in [0, 0.05) is 0 Å². The van der Waals surface area contributed by atoms with Gasteiger partial charge in [-0.3, -0.25) is 10.1 Å². The molecule has 0 spiro atoms. The maximum Gasteiger partial charge on any atom is 0.285 e. The highest BCUT2D eigenvalue weighted by atomic mass is 35.5. The lowest BCUT2D eigenvalue weighted by molar-refractivity contribution is -0.384. The zero-order valence-electron chi connectivity index (χ0n) is 9.43. The van der Waals surface area contributed by atoms with Crippen LogP contribution in [0.15, 0.2) is 16.5 Å². The molecule has 2 aromatic rings. The molecule has 0 bridgehead atoms. The van der Waals surface area contributed by atoms with Crippen molar-refractivity contribution >= 4 is 17.3 Å². The summed E-state index contributed by atoms with van der Waals surface area (Å²) in [6.07, 6.45) is 0. The van der Waals surface area contributed by atoms with Gasteiger partial charge in [-0.05, 0) is 13.0 Å². The first-order chi connectivity index (χ1) is 8.90. The van der Waals surface area contributed by atoms with Crippen LogP contribution in [0.4, 0.5) is 14.5 Å². The third-order valence-electron chi connectivity index (χ3n) is 2.25. The summed E-state index contributed by atoms with van der Waals surface area (Å²) in [5, 5.41) is 17.3. The van der Waals surface area contributed by atoms with Crippen molar-refractivity contribution in [1.29, 1.82) is 0 Å². The molecule has 2 rings (SSSR count). The summed E-state index contributed by atoms with van der Waals surface area (Å²) in [6.45, 7) is 1.55. The lowest BCUT2D eigenvalue weighted by atomic mass is 10.1. The Labute approximate surface area is 110 Å². The molecule has 0 aliphatic rings. The van der Waals surface area contributed by atoms with E-state index in [2.05, 4.69) is 10.2 Å². The molecule has 0 amide bonds. The number of hydrogen-bond donors (Lipinski definition) is 0. The first-order valence-corrected chi connectivity index (χ1v) is 5.45. The summed E-state index contributed by atoms with van der Waals surface area (Å²) >= 11 is 5.70. The van der Waals surface area contributed by atoms with E-state index in [-0.39, 0.29) is 17.3 Å². The van der Waals surface area contributed by atoms with Crippen LogP contribution in [-0.2, 0) is 0 Å². The number of nitro benzene ring substituents is 1. The number of nitro groups is 1. The second-order valence-electron chi connectivity index (χ2n) is 3.60. The van der Waals surface area contributed by atoms with Gasteiger partial charge in [0.1, 0.15) is 10.9 Å². The molecule has 0 saturated carbocycles. The molecule has 0 aliphatic carbocycles. The van der Waals surface area contributed by atoms with E-state index in [1.807, 2.05) is 0 Å². The summed E-state index contributed by atoms with van der Waals surface area (Å²) in [6, 6.07) is 1.09. The number of rotatable bonds is 3. The molecule has 19 heavy (non-hydrogen) atoms. The van der Waals surface area contributed by atoms with Crippen molar-refractivity contribution in [2.75, 3.05) is 0 Å². The standard InChI is InChI=1S/C10H6ClF2N3O3/c1-4(11)9-14-15-10(19-9)5-2-6(12)7(13)3-8(5)16(17)18/h2-4H,1H3. The van der Waals surface area contributed by atoms with Gasteiger partial charge in [0.25, 0.3) is 11.6 Å². The largest absolute Gasteiger partial charge is 0.419 e. The highest BCUT2D eigenvalue weighted by molar-refractivity contribution is 6.20. The van der Waals surface area contributed by atoms with Crippen LogP contribution >= 0.6 is 11.6 Å². The Balaban J connectivity index is 2.59. The smallest absolute Gasteiger partial charge is 0.285 e. The van der Waals surface area contributed by atoms with Crippen LogP contribution in [-0.4, -0.2) is 15.1 Å². The SMILES string of the molecule is CC(Cl)c1nnc(-c2cc(F)c(F)cc2[N+](=O)[O-])o1. The van der Waals surface area contributed by atoms with Crippen molar-refractivity contribution in [2.24, 2.45) is 0 Å². The molecule has 0 radical (unpaired) electrons. The third-order valence-corrected chi connectivity index (χ3v) is 2.43. The quantitative estimate of drug-likeness (QED) is 0.492. The number of benzene rings is 1. The van der Waals surface area contributed by atoms with Crippen LogP contribution in [0, 0.1) is 21.7 Å². The van der Waals surface area contributed by atoms with E-state index >= 15 is 0 Å². The predicted molar refractivity (Wildman–Crippen MR) is 60.6 cm³/mol. The van der Waals surface area contributed by atoms with E-state index in [0.29, 0.717) is 12.1 Å². The molecular weight excluding hydrogens is 284 g/mol. The fourth-order valence-electron chi connectivity index (χ4n) is 1.36. The van der Waals surface area contributed by atoms with E-state index in [9.17, 15) is 18.9 Å². The molecule has 0 N–H and O–H groups in total. The van der Waals surface area contributed by atoms with Gasteiger partial charge in [-0.1, -0.05) is 0 Å². The molecule has 1 aromatic heterocycles. The van der Waals surface area contributed by atoms with Crippen LogP contribution in [0.25, 0.3) is 11.5 Å². The molecule has 1 heterocycles. The van der Waals surface area contributed by atoms with Crippen molar-refractivity contribution in [3.05, 3.63) is 39.8 Å². The molecule has 1 unspecified atom stereocenters. The van der Waals surface area contributed by atoms with Crippen LogP contribution in [0.5, 0.6) is 0 Å². The number of hydrogen-bond acceptors (Lipinski definition) is 5. The average Bonchev–Trinajstić information content (AvgIpc) is 2.81. The van der Waals surface area contributed by atoms with Gasteiger partial charge < -0.3 is 4.42 Å². The number of nitrogens with zero attached hydrogens (tertiary/aromatic N) is 3. The fourth-order valence-corrected chi connectivity index (χ4v) is 1.45. The Hall–Kier alpha value is -2.09. The molecule has 6 nitrogen and oxygen atoms in total. The lowest BCUT2D eigenvalue weighted by Crippen LogP contribution is -1.96. The molecule has 9 heteroatoms. The molecule has 0 aliphatic heterocycles. The zero-order chi connectivity index (χ0) is 14.2. The summed E-state index contributed by atoms with van der Waals surface area (Å²) in [5.74, 6) is -2.86. The Kier molecular flexibility index (Phi) is 3.43. The van der Waals surface area contributed by atoms with Crippen molar-refractivity contribution in [3.63, 3.8) is 0 Å². The molecule has 0 fully saturated rings. The Morgan fingerprint density at radius 2 is 2.00 bits per heavy atom. The summed E-state index contributed by atoms with van der Waals surface area (Å²) in [5.41, 5.74) is -0.976. The van der Waals surface area contributed by atoms with Gasteiger partial charge in [0.15, 0.2) is 11.6 Å². The number of halogens is 3. The number of aromatic nitrogens is 2. The summed E-state index contributed by atoms with van der Waals surface area (Å²) in [4.78, 5) is 9.93.